The van der Waals surface area contributed by atoms with Crippen LogP contribution in [0.2, 0.25) is 0 Å². The molecular weight excluding hydrogens is 142 g/mol. The molecule has 4 heteroatoms. The second-order valence-corrected chi connectivity index (χ2v) is 2.73. The fourth-order valence-electron chi connectivity index (χ4n) is 1.37. The van der Waals surface area contributed by atoms with Crippen LogP contribution in [0.3, 0.4) is 0 Å². The first-order valence-corrected chi connectivity index (χ1v) is 3.81. The minimum Gasteiger partial charge on any atom is -0.385 e. The maximum absolute atomic E-state index is 11.3. The summed E-state index contributed by atoms with van der Waals surface area (Å²) in [6.45, 7) is 3.88. The number of amides is 1. The summed E-state index contributed by atoms with van der Waals surface area (Å²) in [5.74, 6) is 0.354. The van der Waals surface area contributed by atoms with E-state index in [9.17, 15) is 4.79 Å². The molecule has 0 fully saturated rings. The summed E-state index contributed by atoms with van der Waals surface area (Å²) >= 11 is 0. The van der Waals surface area contributed by atoms with Gasteiger partial charge >= 0.3 is 0 Å². The van der Waals surface area contributed by atoms with Crippen LogP contribution in [0.1, 0.15) is 26.7 Å². The number of nitrogens with zero attached hydrogens (tertiary/aromatic N) is 1. The predicted molar refractivity (Wildman–Crippen MR) is 42.8 cm³/mol. The monoisotopic (exact) mass is 155 g/mol. The average molecular weight is 155 g/mol. The normalized spacial score (nSPS) is 21.3. The molecule has 0 atom stereocenters. The van der Waals surface area contributed by atoms with Crippen LogP contribution in [0.15, 0.2) is 5.10 Å². The Morgan fingerprint density at radius 2 is 2.09 bits per heavy atom. The highest BCUT2D eigenvalue weighted by molar-refractivity contribution is 6.10. The van der Waals surface area contributed by atoms with Crippen molar-refractivity contribution >= 4 is 11.7 Å². The molecule has 0 aromatic rings. The number of hydrogen-bond donors (Lipinski definition) is 2. The molecule has 62 valence electrons. The molecule has 0 bridgehead atoms. The van der Waals surface area contributed by atoms with E-state index in [1.807, 2.05) is 13.8 Å². The second-order valence-electron chi connectivity index (χ2n) is 2.73. The molecule has 0 aliphatic carbocycles. The lowest BCUT2D eigenvalue weighted by atomic mass is 9.81. The molecule has 0 saturated heterocycles. The van der Waals surface area contributed by atoms with Crippen LogP contribution in [0.25, 0.3) is 0 Å². The van der Waals surface area contributed by atoms with Gasteiger partial charge in [-0.25, -0.2) is 5.43 Å². The molecule has 1 heterocycles. The van der Waals surface area contributed by atoms with Gasteiger partial charge in [-0.15, -0.1) is 0 Å². The molecule has 0 aromatic carbocycles. The standard InChI is InChI=1S/C7H13N3O/c1-3-7(4-2)5(8)9-10-6(7)11/h3-4H2,1-2H3,(H2,8,9)(H,10,11). The van der Waals surface area contributed by atoms with Gasteiger partial charge in [-0.1, -0.05) is 13.8 Å². The van der Waals surface area contributed by atoms with E-state index in [1.165, 1.54) is 0 Å². The van der Waals surface area contributed by atoms with Gasteiger partial charge in [-0.3, -0.25) is 4.79 Å². The van der Waals surface area contributed by atoms with Gasteiger partial charge in [0.05, 0.1) is 0 Å². The Morgan fingerprint density at radius 1 is 1.55 bits per heavy atom. The van der Waals surface area contributed by atoms with Crippen LogP contribution < -0.4 is 11.2 Å². The lowest BCUT2D eigenvalue weighted by molar-refractivity contribution is -0.126. The third-order valence-electron chi connectivity index (χ3n) is 2.41. The molecule has 11 heavy (non-hydrogen) atoms. The summed E-state index contributed by atoms with van der Waals surface area (Å²) in [5, 5.41) is 3.71. The van der Waals surface area contributed by atoms with Gasteiger partial charge in [0.1, 0.15) is 11.3 Å². The van der Waals surface area contributed by atoms with Crippen LogP contribution in [0.4, 0.5) is 0 Å². The summed E-state index contributed by atoms with van der Waals surface area (Å²) in [5.41, 5.74) is 7.45. The summed E-state index contributed by atoms with van der Waals surface area (Å²) in [6.07, 6.45) is 1.43. The van der Waals surface area contributed by atoms with Crippen molar-refractivity contribution in [2.24, 2.45) is 16.3 Å². The molecular formula is C7H13N3O. The Balaban J connectivity index is 2.96. The van der Waals surface area contributed by atoms with Gasteiger partial charge < -0.3 is 5.73 Å². The van der Waals surface area contributed by atoms with Crippen molar-refractivity contribution in [1.82, 2.24) is 5.43 Å². The summed E-state index contributed by atoms with van der Waals surface area (Å²) in [7, 11) is 0. The summed E-state index contributed by atoms with van der Waals surface area (Å²) in [6, 6.07) is 0. The van der Waals surface area contributed by atoms with Crippen molar-refractivity contribution < 1.29 is 4.79 Å². The molecule has 1 aliphatic rings. The van der Waals surface area contributed by atoms with E-state index >= 15 is 0 Å². The first-order valence-electron chi connectivity index (χ1n) is 3.81. The Kier molecular flexibility index (Phi) is 1.85. The maximum atomic E-state index is 11.3. The molecule has 0 radical (unpaired) electrons. The van der Waals surface area contributed by atoms with Crippen LogP contribution in [0, 0.1) is 5.41 Å². The van der Waals surface area contributed by atoms with Gasteiger partial charge in [0.25, 0.3) is 5.91 Å². The van der Waals surface area contributed by atoms with Crippen molar-refractivity contribution in [1.29, 1.82) is 0 Å². The van der Waals surface area contributed by atoms with Crippen LogP contribution in [-0.4, -0.2) is 11.7 Å². The van der Waals surface area contributed by atoms with Gasteiger partial charge in [-0.05, 0) is 12.8 Å². The zero-order valence-electron chi connectivity index (χ0n) is 6.85. The first-order chi connectivity index (χ1) is 5.17. The van der Waals surface area contributed by atoms with Gasteiger partial charge in [0.15, 0.2) is 0 Å². The molecule has 0 spiro atoms. The van der Waals surface area contributed by atoms with Crippen LogP contribution >= 0.6 is 0 Å². The van der Waals surface area contributed by atoms with E-state index in [4.69, 9.17) is 5.73 Å². The molecule has 1 rings (SSSR count). The van der Waals surface area contributed by atoms with E-state index in [0.717, 1.165) is 0 Å². The molecule has 1 aliphatic heterocycles. The molecule has 1 amide bonds. The Morgan fingerprint density at radius 3 is 2.27 bits per heavy atom. The number of hydrogen-bond acceptors (Lipinski definition) is 3. The third kappa shape index (κ3) is 0.895. The first kappa shape index (κ1) is 8.04. The highest BCUT2D eigenvalue weighted by Gasteiger charge is 2.42. The van der Waals surface area contributed by atoms with Crippen molar-refractivity contribution in [2.75, 3.05) is 0 Å². The minimum atomic E-state index is -0.528. The van der Waals surface area contributed by atoms with E-state index in [1.54, 1.807) is 0 Å². The number of carbonyl (C=O) groups is 1. The van der Waals surface area contributed by atoms with Gasteiger partial charge in [0, 0.05) is 0 Å². The fourth-order valence-corrected chi connectivity index (χ4v) is 1.37. The number of nitrogens with one attached hydrogen (secondary N) is 1. The second kappa shape index (κ2) is 2.53. The zero-order valence-corrected chi connectivity index (χ0v) is 6.85. The lowest BCUT2D eigenvalue weighted by Gasteiger charge is -2.21. The van der Waals surface area contributed by atoms with Gasteiger partial charge in [-0.2, -0.15) is 5.10 Å². The Bertz CT molecular complexity index is 206. The van der Waals surface area contributed by atoms with Crippen LogP contribution in [0.5, 0.6) is 0 Å². The summed E-state index contributed by atoms with van der Waals surface area (Å²) < 4.78 is 0. The largest absolute Gasteiger partial charge is 0.385 e. The van der Waals surface area contributed by atoms with Crippen molar-refractivity contribution in [3.8, 4) is 0 Å². The molecule has 0 saturated carbocycles. The predicted octanol–water partition coefficient (Wildman–Crippen LogP) is 0.195. The lowest BCUT2D eigenvalue weighted by Crippen LogP contribution is -2.40. The molecule has 3 N–H and O–H groups in total. The maximum Gasteiger partial charge on any atom is 0.253 e. The number of hydrazone groups is 1. The third-order valence-corrected chi connectivity index (χ3v) is 2.41. The quantitative estimate of drug-likeness (QED) is 0.598. The molecule has 0 aromatic heterocycles. The molecule has 0 unspecified atom stereocenters. The average Bonchev–Trinajstić information content (AvgIpc) is 2.29. The van der Waals surface area contributed by atoms with Gasteiger partial charge in [0.2, 0.25) is 0 Å². The highest BCUT2D eigenvalue weighted by Crippen LogP contribution is 2.29. The fraction of sp³-hybridized carbons (Fsp3) is 0.714. The Labute approximate surface area is 65.8 Å². The minimum absolute atomic E-state index is 0.0694. The van der Waals surface area contributed by atoms with E-state index in [-0.39, 0.29) is 5.91 Å². The van der Waals surface area contributed by atoms with E-state index < -0.39 is 5.41 Å². The van der Waals surface area contributed by atoms with Crippen LogP contribution in [-0.2, 0) is 4.79 Å². The van der Waals surface area contributed by atoms with Crippen molar-refractivity contribution in [2.45, 2.75) is 26.7 Å². The number of amidine groups is 1. The SMILES string of the molecule is CCC1(CC)C(=O)NN=C1N. The van der Waals surface area contributed by atoms with E-state index in [2.05, 4.69) is 10.5 Å². The number of carbonyl (C=O) groups excluding carboxylic acids is 1. The topological polar surface area (TPSA) is 67.5 Å². The zero-order chi connectivity index (χ0) is 8.48. The summed E-state index contributed by atoms with van der Waals surface area (Å²) in [4.78, 5) is 11.3. The highest BCUT2D eigenvalue weighted by atomic mass is 16.2. The van der Waals surface area contributed by atoms with Crippen molar-refractivity contribution in [3.05, 3.63) is 0 Å². The van der Waals surface area contributed by atoms with E-state index in [0.29, 0.717) is 18.7 Å². The number of rotatable bonds is 2. The Hall–Kier alpha value is -1.06. The van der Waals surface area contributed by atoms with Crippen molar-refractivity contribution in [3.63, 3.8) is 0 Å². The smallest absolute Gasteiger partial charge is 0.253 e. The molecule has 4 nitrogen and oxygen atoms in total. The number of nitrogens with two attached hydrogens (primary N) is 1.